The molecule has 0 aliphatic rings. The third-order valence-corrected chi connectivity index (χ3v) is 7.11. The van der Waals surface area contributed by atoms with Crippen LogP contribution in [0.4, 0.5) is 0 Å². The van der Waals surface area contributed by atoms with Crippen LogP contribution in [0.2, 0.25) is 19.1 Å². The molecular weight excluding hydrogens is 244 g/mol. The lowest BCUT2D eigenvalue weighted by molar-refractivity contribution is 0.901. The Labute approximate surface area is 120 Å². The maximum absolute atomic E-state index is 4.24. The maximum Gasteiger partial charge on any atom is 0.0809 e. The highest BCUT2D eigenvalue weighted by atomic mass is 28.3. The lowest BCUT2D eigenvalue weighted by Crippen LogP contribution is -2.40. The quantitative estimate of drug-likeness (QED) is 0.467. The molecule has 0 spiro atoms. The molecule has 1 aromatic rings. The molecule has 0 nitrogen and oxygen atoms in total. The molecule has 1 rings (SSSR count). The number of benzene rings is 1. The first-order valence-corrected chi connectivity index (χ1v) is 10.5. The van der Waals surface area contributed by atoms with E-state index in [-0.39, 0.29) is 0 Å². The van der Waals surface area contributed by atoms with Gasteiger partial charge in [0.1, 0.15) is 0 Å². The Morgan fingerprint density at radius 3 is 2.32 bits per heavy atom. The minimum Gasteiger partial charge on any atom is -0.0999 e. The smallest absolute Gasteiger partial charge is 0.0809 e. The van der Waals surface area contributed by atoms with Crippen LogP contribution in [-0.2, 0) is 0 Å². The van der Waals surface area contributed by atoms with E-state index in [1.807, 2.05) is 0 Å². The normalized spacial score (nSPS) is 11.2. The molecule has 0 saturated heterocycles. The monoisotopic (exact) mass is 272 g/mol. The van der Waals surface area contributed by atoms with Gasteiger partial charge in [0.25, 0.3) is 0 Å². The predicted molar refractivity (Wildman–Crippen MR) is 90.8 cm³/mol. The molecular formula is C18H28Si. The first kappa shape index (κ1) is 16.0. The first-order valence-electron chi connectivity index (χ1n) is 7.27. The molecule has 0 amide bonds. The zero-order valence-corrected chi connectivity index (χ0v) is 14.0. The van der Waals surface area contributed by atoms with Crippen LogP contribution in [0.25, 0.3) is 0 Å². The van der Waals surface area contributed by atoms with E-state index in [0.717, 1.165) is 12.8 Å². The molecule has 0 aliphatic heterocycles. The van der Waals surface area contributed by atoms with Crippen LogP contribution in [0.15, 0.2) is 54.1 Å². The van der Waals surface area contributed by atoms with E-state index in [0.29, 0.717) is 0 Å². The Morgan fingerprint density at radius 2 is 1.74 bits per heavy atom. The molecule has 0 aromatic heterocycles. The first-order chi connectivity index (χ1) is 8.92. The van der Waals surface area contributed by atoms with E-state index in [1.54, 1.807) is 5.19 Å². The minimum atomic E-state index is -1.28. The van der Waals surface area contributed by atoms with Crippen molar-refractivity contribution in [3.05, 3.63) is 54.1 Å². The largest absolute Gasteiger partial charge is 0.0999 e. The Kier molecular flexibility index (Phi) is 6.30. The lowest BCUT2D eigenvalue weighted by Gasteiger charge is -2.23. The summed E-state index contributed by atoms with van der Waals surface area (Å²) < 4.78 is 0. The van der Waals surface area contributed by atoms with Crippen molar-refractivity contribution in [2.75, 3.05) is 0 Å². The molecule has 0 aliphatic carbocycles. The zero-order valence-electron chi connectivity index (χ0n) is 13.0. The van der Waals surface area contributed by atoms with Crippen molar-refractivity contribution in [3.8, 4) is 0 Å². The summed E-state index contributed by atoms with van der Waals surface area (Å²) in [6, 6.07) is 12.3. The van der Waals surface area contributed by atoms with Crippen LogP contribution in [-0.4, -0.2) is 8.07 Å². The average Bonchev–Trinajstić information content (AvgIpc) is 2.37. The van der Waals surface area contributed by atoms with Crippen LogP contribution < -0.4 is 5.19 Å². The molecule has 1 aromatic carbocycles. The van der Waals surface area contributed by atoms with Gasteiger partial charge in [-0.2, -0.15) is 0 Å². The molecule has 1 heteroatoms. The van der Waals surface area contributed by atoms with Gasteiger partial charge in [0.05, 0.1) is 8.07 Å². The Bertz CT molecular complexity index is 422. The van der Waals surface area contributed by atoms with Crippen LogP contribution >= 0.6 is 0 Å². The summed E-state index contributed by atoms with van der Waals surface area (Å²) in [6.45, 7) is 13.5. The Balaban J connectivity index is 2.43. The van der Waals surface area contributed by atoms with E-state index in [1.165, 1.54) is 23.6 Å². The Hall–Kier alpha value is -1.08. The van der Waals surface area contributed by atoms with Gasteiger partial charge >= 0.3 is 0 Å². The Morgan fingerprint density at radius 1 is 1.11 bits per heavy atom. The molecule has 0 atom stereocenters. The number of allylic oxidation sites excluding steroid dienone is 3. The van der Waals surface area contributed by atoms with E-state index >= 15 is 0 Å². The highest BCUT2D eigenvalue weighted by molar-refractivity contribution is 6.89. The second-order valence-corrected chi connectivity index (χ2v) is 11.2. The molecule has 0 saturated carbocycles. The predicted octanol–water partition coefficient (Wildman–Crippen LogP) is 5.29. The SMILES string of the molecule is C=C(CCC=C(C)C)CC[Si](C)(C)c1ccccc1. The van der Waals surface area contributed by atoms with E-state index in [4.69, 9.17) is 0 Å². The topological polar surface area (TPSA) is 0 Å². The van der Waals surface area contributed by atoms with Gasteiger partial charge in [-0.3, -0.25) is 0 Å². The molecule has 104 valence electrons. The van der Waals surface area contributed by atoms with E-state index in [2.05, 4.69) is 69.9 Å². The van der Waals surface area contributed by atoms with Gasteiger partial charge in [0.15, 0.2) is 0 Å². The van der Waals surface area contributed by atoms with Crippen molar-refractivity contribution in [2.24, 2.45) is 0 Å². The molecule has 0 bridgehead atoms. The highest BCUT2D eigenvalue weighted by Gasteiger charge is 2.22. The molecule has 0 fully saturated rings. The summed E-state index contributed by atoms with van der Waals surface area (Å²) in [7, 11) is -1.28. The van der Waals surface area contributed by atoms with E-state index < -0.39 is 8.07 Å². The van der Waals surface area contributed by atoms with Gasteiger partial charge in [-0.25, -0.2) is 0 Å². The van der Waals surface area contributed by atoms with Crippen LogP contribution in [0, 0.1) is 0 Å². The fourth-order valence-electron chi connectivity index (χ4n) is 2.21. The van der Waals surface area contributed by atoms with Gasteiger partial charge in [-0.05, 0) is 39.2 Å². The van der Waals surface area contributed by atoms with Gasteiger partial charge in [-0.1, -0.05) is 72.4 Å². The number of hydrogen-bond acceptors (Lipinski definition) is 0. The summed E-state index contributed by atoms with van der Waals surface area (Å²) in [5, 5.41) is 1.56. The molecule has 0 unspecified atom stereocenters. The maximum atomic E-state index is 4.24. The average molecular weight is 273 g/mol. The van der Waals surface area contributed by atoms with Crippen molar-refractivity contribution >= 4 is 13.3 Å². The number of hydrogen-bond donors (Lipinski definition) is 0. The number of rotatable bonds is 7. The summed E-state index contributed by atoms with van der Waals surface area (Å²) in [5.74, 6) is 0. The van der Waals surface area contributed by atoms with Crippen LogP contribution in [0.3, 0.4) is 0 Å². The summed E-state index contributed by atoms with van der Waals surface area (Å²) >= 11 is 0. The summed E-state index contributed by atoms with van der Waals surface area (Å²) in [6.07, 6.45) is 5.79. The van der Waals surface area contributed by atoms with Gasteiger partial charge in [0, 0.05) is 0 Å². The van der Waals surface area contributed by atoms with Crippen molar-refractivity contribution in [2.45, 2.75) is 52.2 Å². The lowest BCUT2D eigenvalue weighted by atomic mass is 10.1. The highest BCUT2D eigenvalue weighted by Crippen LogP contribution is 2.19. The summed E-state index contributed by atoms with van der Waals surface area (Å²) in [5.41, 5.74) is 2.82. The van der Waals surface area contributed by atoms with Gasteiger partial charge < -0.3 is 0 Å². The minimum absolute atomic E-state index is 1.14. The second kappa shape index (κ2) is 7.49. The van der Waals surface area contributed by atoms with Crippen LogP contribution in [0.1, 0.15) is 33.1 Å². The van der Waals surface area contributed by atoms with Crippen molar-refractivity contribution in [3.63, 3.8) is 0 Å². The molecule has 19 heavy (non-hydrogen) atoms. The van der Waals surface area contributed by atoms with E-state index in [9.17, 15) is 0 Å². The fraction of sp³-hybridized carbons (Fsp3) is 0.444. The second-order valence-electron chi connectivity index (χ2n) is 6.32. The molecule has 0 radical (unpaired) electrons. The fourth-order valence-corrected chi connectivity index (χ4v) is 4.57. The van der Waals surface area contributed by atoms with Crippen molar-refractivity contribution in [1.29, 1.82) is 0 Å². The molecule has 0 heterocycles. The zero-order chi connectivity index (χ0) is 14.3. The van der Waals surface area contributed by atoms with Gasteiger partial charge in [-0.15, -0.1) is 0 Å². The molecule has 0 N–H and O–H groups in total. The van der Waals surface area contributed by atoms with Crippen molar-refractivity contribution < 1.29 is 0 Å². The van der Waals surface area contributed by atoms with Crippen LogP contribution in [0.5, 0.6) is 0 Å². The third-order valence-electron chi connectivity index (χ3n) is 3.71. The standard InChI is InChI=1S/C18H28Si/c1-16(2)10-9-11-17(3)14-15-19(4,5)18-12-7-6-8-13-18/h6-8,10,12-13H,3,9,11,14-15H2,1-2,4-5H3. The third kappa shape index (κ3) is 6.06. The van der Waals surface area contributed by atoms with Crippen molar-refractivity contribution in [1.82, 2.24) is 0 Å². The van der Waals surface area contributed by atoms with Gasteiger partial charge in [0.2, 0.25) is 0 Å². The summed E-state index contributed by atoms with van der Waals surface area (Å²) in [4.78, 5) is 0.